The van der Waals surface area contributed by atoms with Crippen LogP contribution in [-0.2, 0) is 22.2 Å². The third kappa shape index (κ3) is 5.22. The minimum absolute atomic E-state index is 0.207. The van der Waals surface area contributed by atoms with Gasteiger partial charge in [0.1, 0.15) is 5.56 Å². The Labute approximate surface area is 178 Å². The molecule has 0 fully saturated rings. The predicted molar refractivity (Wildman–Crippen MR) is 110 cm³/mol. The van der Waals surface area contributed by atoms with Gasteiger partial charge in [0.2, 0.25) is 0 Å². The molecule has 0 amide bonds. The van der Waals surface area contributed by atoms with Gasteiger partial charge in [0.15, 0.2) is 12.5 Å². The number of anilines is 1. The first kappa shape index (κ1) is 20.9. The van der Waals surface area contributed by atoms with Crippen LogP contribution in [0.1, 0.15) is 11.3 Å². The zero-order valence-electron chi connectivity index (χ0n) is 16.3. The van der Waals surface area contributed by atoms with E-state index in [-0.39, 0.29) is 5.82 Å². The lowest BCUT2D eigenvalue weighted by molar-refractivity contribution is -0.712. The molecule has 158 valence electrons. The fourth-order valence-electron chi connectivity index (χ4n) is 3.08. The van der Waals surface area contributed by atoms with Crippen LogP contribution in [-0.4, -0.2) is 15.0 Å². The Morgan fingerprint density at radius 3 is 2.68 bits per heavy atom. The van der Waals surface area contributed by atoms with Crippen molar-refractivity contribution in [2.45, 2.75) is 13.2 Å². The van der Waals surface area contributed by atoms with Crippen molar-refractivity contribution in [3.8, 4) is 22.6 Å². The van der Waals surface area contributed by atoms with Crippen molar-refractivity contribution >= 4 is 13.6 Å². The molecule has 1 atom stereocenters. The van der Waals surface area contributed by atoms with Crippen molar-refractivity contribution in [2.75, 3.05) is 5.73 Å². The first-order valence-corrected chi connectivity index (χ1v) is 10.8. The molecule has 0 saturated carbocycles. The SMILES string of the molecule is Nc1c(-c2cc(Cc3ccc(-c4ccccn4)cc3)no2)ccc[n+]1COP(=O)([O-])O. The summed E-state index contributed by atoms with van der Waals surface area (Å²) < 4.78 is 22.0. The Balaban J connectivity index is 1.49. The third-order valence-corrected chi connectivity index (χ3v) is 5.04. The summed E-state index contributed by atoms with van der Waals surface area (Å²) in [5.41, 5.74) is 10.3. The predicted octanol–water partition coefficient (Wildman–Crippen LogP) is 2.30. The molecule has 0 aliphatic carbocycles. The van der Waals surface area contributed by atoms with E-state index in [1.807, 2.05) is 42.5 Å². The maximum atomic E-state index is 10.8. The molecule has 0 radical (unpaired) electrons. The number of pyridine rings is 2. The number of nitrogen functional groups attached to an aromatic ring is 1. The van der Waals surface area contributed by atoms with Crippen LogP contribution in [0.5, 0.6) is 0 Å². The maximum absolute atomic E-state index is 10.8. The highest BCUT2D eigenvalue weighted by atomic mass is 31.2. The summed E-state index contributed by atoms with van der Waals surface area (Å²) in [5.74, 6) is 0.639. The Morgan fingerprint density at radius 1 is 1.16 bits per heavy atom. The fourth-order valence-corrected chi connectivity index (χ4v) is 3.35. The lowest BCUT2D eigenvalue weighted by Gasteiger charge is -2.14. The molecule has 3 N–H and O–H groups in total. The van der Waals surface area contributed by atoms with Crippen LogP contribution in [0.2, 0.25) is 0 Å². The summed E-state index contributed by atoms with van der Waals surface area (Å²) in [6, 6.07) is 19.0. The van der Waals surface area contributed by atoms with E-state index in [1.165, 1.54) is 10.8 Å². The number of hydrogen-bond acceptors (Lipinski definition) is 7. The van der Waals surface area contributed by atoms with Crippen LogP contribution in [0.15, 0.2) is 77.6 Å². The van der Waals surface area contributed by atoms with Gasteiger partial charge in [0.05, 0.1) is 17.6 Å². The number of phosphoric ester groups is 1. The van der Waals surface area contributed by atoms with E-state index in [0.29, 0.717) is 23.4 Å². The van der Waals surface area contributed by atoms with Gasteiger partial charge in [-0.3, -0.25) is 19.8 Å². The van der Waals surface area contributed by atoms with Crippen LogP contribution < -0.4 is 15.2 Å². The molecule has 0 aliphatic rings. The van der Waals surface area contributed by atoms with E-state index < -0.39 is 14.6 Å². The number of benzene rings is 1. The Kier molecular flexibility index (Phi) is 5.92. The summed E-state index contributed by atoms with van der Waals surface area (Å²) in [4.78, 5) is 23.9. The molecule has 4 aromatic rings. The number of aromatic nitrogens is 3. The largest absolute Gasteiger partial charge is 0.756 e. The summed E-state index contributed by atoms with van der Waals surface area (Å²) in [6.07, 6.45) is 3.84. The van der Waals surface area contributed by atoms with Crippen molar-refractivity contribution in [1.82, 2.24) is 10.1 Å². The van der Waals surface area contributed by atoms with Gasteiger partial charge in [-0.15, -0.1) is 0 Å². The van der Waals surface area contributed by atoms with Gasteiger partial charge in [-0.1, -0.05) is 35.5 Å². The molecule has 1 aromatic carbocycles. The molecule has 4 rings (SSSR count). The number of nitrogens with zero attached hydrogens (tertiary/aromatic N) is 3. The summed E-state index contributed by atoms with van der Waals surface area (Å²) in [7, 11) is -4.86. The van der Waals surface area contributed by atoms with E-state index in [2.05, 4.69) is 14.7 Å². The molecule has 31 heavy (non-hydrogen) atoms. The van der Waals surface area contributed by atoms with Crippen molar-refractivity contribution in [3.63, 3.8) is 0 Å². The Morgan fingerprint density at radius 2 is 1.97 bits per heavy atom. The quantitative estimate of drug-likeness (QED) is 0.331. The zero-order valence-corrected chi connectivity index (χ0v) is 17.2. The lowest BCUT2D eigenvalue weighted by atomic mass is 10.0. The molecule has 9 nitrogen and oxygen atoms in total. The van der Waals surface area contributed by atoms with E-state index >= 15 is 0 Å². The summed E-state index contributed by atoms with van der Waals surface area (Å²) in [5, 5.41) is 4.11. The first-order valence-electron chi connectivity index (χ1n) is 9.32. The van der Waals surface area contributed by atoms with Crippen LogP contribution in [0.4, 0.5) is 5.82 Å². The molecule has 0 saturated heterocycles. The van der Waals surface area contributed by atoms with Crippen molar-refractivity contribution in [3.05, 3.63) is 84.3 Å². The van der Waals surface area contributed by atoms with Gasteiger partial charge < -0.3 is 14.3 Å². The molecule has 0 bridgehead atoms. The molecular formula is C21H19N4O5P. The molecular weight excluding hydrogens is 419 g/mol. The van der Waals surface area contributed by atoms with Gasteiger partial charge in [0.25, 0.3) is 13.6 Å². The van der Waals surface area contributed by atoms with Gasteiger partial charge in [0, 0.05) is 24.2 Å². The second kappa shape index (κ2) is 8.79. The van der Waals surface area contributed by atoms with Gasteiger partial charge in [-0.2, -0.15) is 0 Å². The van der Waals surface area contributed by atoms with Crippen molar-refractivity contribution < 1.29 is 28.0 Å². The van der Waals surface area contributed by atoms with Gasteiger partial charge >= 0.3 is 0 Å². The molecule has 3 heterocycles. The minimum Gasteiger partial charge on any atom is -0.756 e. The van der Waals surface area contributed by atoms with E-state index in [0.717, 1.165) is 16.8 Å². The molecule has 1 unspecified atom stereocenters. The van der Waals surface area contributed by atoms with Crippen LogP contribution in [0.25, 0.3) is 22.6 Å². The number of phosphoric acid groups is 1. The number of hydrogen-bond donors (Lipinski definition) is 2. The third-order valence-electron chi connectivity index (χ3n) is 4.60. The maximum Gasteiger partial charge on any atom is 0.285 e. The van der Waals surface area contributed by atoms with E-state index in [1.54, 1.807) is 24.4 Å². The van der Waals surface area contributed by atoms with E-state index in [4.69, 9.17) is 15.2 Å². The summed E-state index contributed by atoms with van der Waals surface area (Å²) in [6.45, 7) is -0.458. The molecule has 3 aromatic heterocycles. The second-order valence-electron chi connectivity index (χ2n) is 6.77. The highest BCUT2D eigenvalue weighted by molar-refractivity contribution is 7.44. The van der Waals surface area contributed by atoms with Crippen LogP contribution in [0, 0.1) is 0 Å². The first-order chi connectivity index (χ1) is 14.9. The second-order valence-corrected chi connectivity index (χ2v) is 7.97. The normalized spacial score (nSPS) is 13.1. The highest BCUT2D eigenvalue weighted by Crippen LogP contribution is 2.30. The smallest absolute Gasteiger partial charge is 0.285 e. The standard InChI is InChI=1S/C21H19N4O5P/c22-21-18(4-3-11-25(21)14-29-31(26,27)28)20-13-17(24-30-20)12-15-6-8-16(9-7-15)19-5-1-2-10-23-19/h1-11,13,22H,12,14H2,(H2,26,27,28). The van der Waals surface area contributed by atoms with Gasteiger partial charge in [-0.05, 0) is 29.8 Å². The van der Waals surface area contributed by atoms with Crippen LogP contribution >= 0.6 is 7.82 Å². The van der Waals surface area contributed by atoms with Crippen LogP contribution in [0.3, 0.4) is 0 Å². The molecule has 0 aliphatic heterocycles. The van der Waals surface area contributed by atoms with Crippen molar-refractivity contribution in [2.24, 2.45) is 0 Å². The Hall–Kier alpha value is -3.36. The molecule has 0 spiro atoms. The average molecular weight is 438 g/mol. The van der Waals surface area contributed by atoms with E-state index in [9.17, 15) is 9.46 Å². The van der Waals surface area contributed by atoms with Crippen molar-refractivity contribution in [1.29, 1.82) is 0 Å². The zero-order chi connectivity index (χ0) is 21.8. The fraction of sp³-hybridized carbons (Fsp3) is 0.0952. The number of rotatable bonds is 7. The summed E-state index contributed by atoms with van der Waals surface area (Å²) >= 11 is 0. The lowest BCUT2D eigenvalue weighted by Crippen LogP contribution is -2.38. The average Bonchev–Trinajstić information content (AvgIpc) is 3.22. The Bertz CT molecular complexity index is 1220. The number of nitrogens with two attached hydrogens (primary N) is 1. The van der Waals surface area contributed by atoms with Gasteiger partial charge in [-0.25, -0.2) is 4.57 Å². The molecule has 10 heteroatoms. The topological polar surface area (TPSA) is 138 Å². The monoisotopic (exact) mass is 438 g/mol. The minimum atomic E-state index is -4.86. The highest BCUT2D eigenvalue weighted by Gasteiger charge is 2.18.